The highest BCUT2D eigenvalue weighted by Crippen LogP contribution is 2.26. The summed E-state index contributed by atoms with van der Waals surface area (Å²) in [7, 11) is 0. The molecule has 1 saturated heterocycles. The second kappa shape index (κ2) is 10.4. The first-order valence-electron chi connectivity index (χ1n) is 9.44. The molecule has 1 heterocycles. The summed E-state index contributed by atoms with van der Waals surface area (Å²) in [6.45, 7) is 4.25. The van der Waals surface area contributed by atoms with Crippen LogP contribution >= 0.6 is 12.4 Å². The van der Waals surface area contributed by atoms with Crippen molar-refractivity contribution in [3.05, 3.63) is 71.5 Å². The Morgan fingerprint density at radius 1 is 1.07 bits per heavy atom. The Bertz CT molecular complexity index is 702. The summed E-state index contributed by atoms with van der Waals surface area (Å²) in [5, 5.41) is 6.53. The summed E-state index contributed by atoms with van der Waals surface area (Å²) in [6, 6.07) is 15.9. The van der Waals surface area contributed by atoms with Crippen LogP contribution in [-0.2, 0) is 4.79 Å². The molecule has 27 heavy (non-hydrogen) atoms. The summed E-state index contributed by atoms with van der Waals surface area (Å²) in [6.07, 6.45) is 2.79. The van der Waals surface area contributed by atoms with E-state index in [9.17, 15) is 9.18 Å². The van der Waals surface area contributed by atoms with Crippen molar-refractivity contribution in [3.63, 3.8) is 0 Å². The number of carbonyl (C=O) groups excluding carboxylic acids is 1. The van der Waals surface area contributed by atoms with Crippen LogP contribution in [0.25, 0.3) is 0 Å². The quantitative estimate of drug-likeness (QED) is 0.763. The lowest BCUT2D eigenvalue weighted by atomic mass is 9.84. The van der Waals surface area contributed by atoms with E-state index in [1.807, 2.05) is 30.3 Å². The van der Waals surface area contributed by atoms with E-state index >= 15 is 0 Å². The highest BCUT2D eigenvalue weighted by atomic mass is 35.5. The molecule has 0 radical (unpaired) electrons. The van der Waals surface area contributed by atoms with E-state index < -0.39 is 0 Å². The summed E-state index contributed by atoms with van der Waals surface area (Å²) >= 11 is 0. The molecule has 0 aromatic heterocycles. The highest BCUT2D eigenvalue weighted by molar-refractivity contribution is 5.85. The molecule has 1 aliphatic rings. The average molecular weight is 391 g/mol. The van der Waals surface area contributed by atoms with Gasteiger partial charge in [0.2, 0.25) is 5.91 Å². The Kier molecular flexibility index (Phi) is 8.26. The summed E-state index contributed by atoms with van der Waals surface area (Å²) in [4.78, 5) is 12.7. The van der Waals surface area contributed by atoms with Crippen molar-refractivity contribution in [2.45, 2.75) is 32.2 Å². The molecule has 2 aromatic carbocycles. The number of benzene rings is 2. The van der Waals surface area contributed by atoms with Crippen LogP contribution in [-0.4, -0.2) is 19.0 Å². The van der Waals surface area contributed by atoms with Crippen LogP contribution in [0.2, 0.25) is 0 Å². The molecule has 1 aliphatic heterocycles. The van der Waals surface area contributed by atoms with E-state index in [4.69, 9.17) is 0 Å². The first kappa shape index (κ1) is 21.4. The zero-order chi connectivity index (χ0) is 18.4. The minimum Gasteiger partial charge on any atom is -0.345 e. The minimum atomic E-state index is -0.272. The van der Waals surface area contributed by atoms with Gasteiger partial charge in [-0.1, -0.05) is 49.4 Å². The van der Waals surface area contributed by atoms with E-state index in [0.29, 0.717) is 18.3 Å². The van der Waals surface area contributed by atoms with Crippen molar-refractivity contribution in [2.75, 3.05) is 13.1 Å². The zero-order valence-corrected chi connectivity index (χ0v) is 16.5. The third kappa shape index (κ3) is 6.05. The zero-order valence-electron chi connectivity index (χ0n) is 15.7. The van der Waals surface area contributed by atoms with Gasteiger partial charge >= 0.3 is 0 Å². The lowest BCUT2D eigenvalue weighted by Crippen LogP contribution is -2.35. The predicted molar refractivity (Wildman–Crippen MR) is 109 cm³/mol. The van der Waals surface area contributed by atoms with Crippen LogP contribution in [0.4, 0.5) is 4.39 Å². The van der Waals surface area contributed by atoms with E-state index in [-0.39, 0.29) is 30.2 Å². The Hall–Kier alpha value is -1.91. The molecule has 0 saturated carbocycles. The SMILES string of the molecule is CC(CC(=O)NC(c1ccccc1)c1ccc(F)cc1)C1CCNCC1.Cl. The number of piperidine rings is 1. The Morgan fingerprint density at radius 2 is 1.67 bits per heavy atom. The summed E-state index contributed by atoms with van der Waals surface area (Å²) in [5.41, 5.74) is 1.89. The van der Waals surface area contributed by atoms with Gasteiger partial charge in [-0.15, -0.1) is 12.4 Å². The number of hydrogen-bond donors (Lipinski definition) is 2. The number of hydrogen-bond acceptors (Lipinski definition) is 2. The van der Waals surface area contributed by atoms with Crippen molar-refractivity contribution in [2.24, 2.45) is 11.8 Å². The molecule has 2 unspecified atom stereocenters. The van der Waals surface area contributed by atoms with Crippen LogP contribution in [0.1, 0.15) is 43.4 Å². The fraction of sp³-hybridized carbons (Fsp3) is 0.409. The molecule has 0 bridgehead atoms. The Morgan fingerprint density at radius 3 is 2.30 bits per heavy atom. The lowest BCUT2D eigenvalue weighted by Gasteiger charge is -2.28. The molecular formula is C22H28ClFN2O. The fourth-order valence-corrected chi connectivity index (χ4v) is 3.75. The third-order valence-electron chi connectivity index (χ3n) is 5.34. The molecule has 146 valence electrons. The van der Waals surface area contributed by atoms with Crippen LogP contribution in [0.15, 0.2) is 54.6 Å². The van der Waals surface area contributed by atoms with Crippen molar-refractivity contribution >= 4 is 18.3 Å². The van der Waals surface area contributed by atoms with Crippen LogP contribution < -0.4 is 10.6 Å². The molecular weight excluding hydrogens is 363 g/mol. The molecule has 1 fully saturated rings. The topological polar surface area (TPSA) is 41.1 Å². The molecule has 1 amide bonds. The van der Waals surface area contributed by atoms with Gasteiger partial charge in [-0.25, -0.2) is 4.39 Å². The number of nitrogens with one attached hydrogen (secondary N) is 2. The molecule has 3 rings (SSSR count). The first-order valence-corrected chi connectivity index (χ1v) is 9.44. The smallest absolute Gasteiger partial charge is 0.221 e. The van der Waals surface area contributed by atoms with Gasteiger partial charge in [0.05, 0.1) is 6.04 Å². The van der Waals surface area contributed by atoms with Crippen LogP contribution in [0.3, 0.4) is 0 Å². The second-order valence-corrected chi connectivity index (χ2v) is 7.23. The van der Waals surface area contributed by atoms with Gasteiger partial charge < -0.3 is 10.6 Å². The number of halogens is 2. The Balaban J connectivity index is 0.00000261. The predicted octanol–water partition coefficient (Wildman–Crippen LogP) is 4.48. The van der Waals surface area contributed by atoms with Gasteiger partial charge in [0.25, 0.3) is 0 Å². The van der Waals surface area contributed by atoms with E-state index in [0.717, 1.165) is 37.1 Å². The number of carbonyl (C=O) groups is 1. The van der Waals surface area contributed by atoms with E-state index in [2.05, 4.69) is 17.6 Å². The standard InChI is InChI=1S/C22H27FN2O.ClH/c1-16(17-11-13-24-14-12-17)15-21(26)25-22(18-5-3-2-4-6-18)19-7-9-20(23)10-8-19;/h2-10,16-17,22,24H,11-15H2,1H3,(H,25,26);1H. The van der Waals surface area contributed by atoms with Crippen molar-refractivity contribution in [3.8, 4) is 0 Å². The minimum absolute atomic E-state index is 0. The maximum atomic E-state index is 13.3. The normalized spacial score (nSPS) is 16.8. The monoisotopic (exact) mass is 390 g/mol. The maximum absolute atomic E-state index is 13.3. The maximum Gasteiger partial charge on any atom is 0.221 e. The van der Waals surface area contributed by atoms with E-state index in [1.165, 1.54) is 12.1 Å². The van der Waals surface area contributed by atoms with Gasteiger partial charge in [-0.2, -0.15) is 0 Å². The van der Waals surface area contributed by atoms with Crippen molar-refractivity contribution in [1.82, 2.24) is 10.6 Å². The highest BCUT2D eigenvalue weighted by Gasteiger charge is 2.24. The molecule has 0 spiro atoms. The second-order valence-electron chi connectivity index (χ2n) is 7.23. The average Bonchev–Trinajstić information content (AvgIpc) is 2.68. The number of amides is 1. The van der Waals surface area contributed by atoms with Gasteiger partial charge in [-0.3, -0.25) is 4.79 Å². The Labute approximate surface area is 167 Å². The molecule has 5 heteroatoms. The van der Waals surface area contributed by atoms with Gasteiger partial charge in [-0.05, 0) is 61.0 Å². The summed E-state index contributed by atoms with van der Waals surface area (Å²) in [5.74, 6) is 0.741. The molecule has 3 nitrogen and oxygen atoms in total. The largest absolute Gasteiger partial charge is 0.345 e. The van der Waals surface area contributed by atoms with Gasteiger partial charge in [0.15, 0.2) is 0 Å². The van der Waals surface area contributed by atoms with E-state index in [1.54, 1.807) is 12.1 Å². The lowest BCUT2D eigenvalue weighted by molar-refractivity contribution is -0.122. The van der Waals surface area contributed by atoms with Crippen molar-refractivity contribution in [1.29, 1.82) is 0 Å². The molecule has 2 aromatic rings. The van der Waals surface area contributed by atoms with Gasteiger partial charge in [0.1, 0.15) is 5.82 Å². The first-order chi connectivity index (χ1) is 12.6. The summed E-state index contributed by atoms with van der Waals surface area (Å²) < 4.78 is 13.3. The third-order valence-corrected chi connectivity index (χ3v) is 5.34. The van der Waals surface area contributed by atoms with Gasteiger partial charge in [0, 0.05) is 6.42 Å². The van der Waals surface area contributed by atoms with Crippen molar-refractivity contribution < 1.29 is 9.18 Å². The fourth-order valence-electron chi connectivity index (χ4n) is 3.75. The number of rotatable bonds is 6. The van der Waals surface area contributed by atoms with Crippen LogP contribution in [0, 0.1) is 17.7 Å². The molecule has 2 N–H and O–H groups in total. The molecule has 2 atom stereocenters. The molecule has 0 aliphatic carbocycles. The van der Waals surface area contributed by atoms with Crippen LogP contribution in [0.5, 0.6) is 0 Å².